The molecule has 36 heavy (non-hydrogen) atoms. The Hall–Kier alpha value is -3.46. The van der Waals surface area contributed by atoms with Gasteiger partial charge in [0.15, 0.2) is 17.6 Å². The van der Waals surface area contributed by atoms with E-state index in [1.165, 1.54) is 21.8 Å². The second-order valence-electron chi connectivity index (χ2n) is 9.23. The topological polar surface area (TPSA) is 166 Å². The Kier molecular flexibility index (Phi) is 5.98. The summed E-state index contributed by atoms with van der Waals surface area (Å²) in [5.74, 6) is -2.19. The number of carbonyl (C=O) groups is 1. The van der Waals surface area contributed by atoms with Crippen molar-refractivity contribution in [1.82, 2.24) is 29.3 Å². The number of aromatic nitrogens is 6. The van der Waals surface area contributed by atoms with Crippen LogP contribution in [0.15, 0.2) is 18.7 Å². The Bertz CT molecular complexity index is 1280. The third-order valence-corrected chi connectivity index (χ3v) is 6.74. The summed E-state index contributed by atoms with van der Waals surface area (Å²) in [6, 6.07) is -2.00. The predicted molar refractivity (Wildman–Crippen MR) is 119 cm³/mol. The number of aryl methyl sites for hydroxylation is 1. The Morgan fingerprint density at radius 1 is 1.25 bits per heavy atom. The highest BCUT2D eigenvalue weighted by Crippen LogP contribution is 2.42. The average Bonchev–Trinajstić information content (AvgIpc) is 3.57. The zero-order chi connectivity index (χ0) is 25.8. The Morgan fingerprint density at radius 2 is 2.03 bits per heavy atom. The maximum absolute atomic E-state index is 13.0. The molecule has 3 heterocycles. The Morgan fingerprint density at radius 3 is 2.67 bits per heavy atom. The number of nitrogens with zero attached hydrogens (tertiary/aromatic N) is 6. The van der Waals surface area contributed by atoms with Gasteiger partial charge in [0.2, 0.25) is 5.95 Å². The van der Waals surface area contributed by atoms with Crippen LogP contribution in [0.3, 0.4) is 0 Å². The lowest BCUT2D eigenvalue weighted by atomic mass is 10.2. The van der Waals surface area contributed by atoms with E-state index in [4.69, 9.17) is 10.5 Å². The van der Waals surface area contributed by atoms with Gasteiger partial charge in [-0.25, -0.2) is 9.78 Å². The van der Waals surface area contributed by atoms with E-state index >= 15 is 0 Å². The van der Waals surface area contributed by atoms with Crippen molar-refractivity contribution in [2.24, 2.45) is 0 Å². The van der Waals surface area contributed by atoms with Crippen LogP contribution < -0.4 is 11.1 Å². The lowest BCUT2D eigenvalue weighted by Crippen LogP contribution is -2.39. The fraction of sp³-hybridized carbons (Fsp3) is 0.571. The number of rotatable bonds is 5. The van der Waals surface area contributed by atoms with E-state index in [0.717, 1.165) is 18.4 Å². The van der Waals surface area contributed by atoms with Gasteiger partial charge in [0, 0.05) is 6.20 Å². The van der Waals surface area contributed by atoms with E-state index < -0.39 is 42.5 Å². The third kappa shape index (κ3) is 4.32. The zero-order valence-corrected chi connectivity index (χ0v) is 19.1. The number of ether oxygens (including phenoxy) is 1. The molecular weight excluding hydrogens is 485 g/mol. The third-order valence-electron chi connectivity index (χ3n) is 6.74. The molecule has 3 aromatic rings. The quantitative estimate of drug-likeness (QED) is 0.367. The van der Waals surface area contributed by atoms with Gasteiger partial charge < -0.3 is 30.6 Å². The van der Waals surface area contributed by atoms with Crippen molar-refractivity contribution in [2.45, 2.75) is 75.2 Å². The van der Waals surface area contributed by atoms with E-state index in [-0.39, 0.29) is 35.4 Å². The van der Waals surface area contributed by atoms with Crippen molar-refractivity contribution >= 4 is 28.9 Å². The molecule has 12 nitrogen and oxygen atoms in total. The fourth-order valence-electron chi connectivity index (χ4n) is 4.98. The van der Waals surface area contributed by atoms with Crippen molar-refractivity contribution in [1.29, 1.82) is 0 Å². The monoisotopic (exact) mass is 510 g/mol. The largest absolute Gasteiger partial charge is 0.490 e. The molecule has 0 aromatic carbocycles. The van der Waals surface area contributed by atoms with Crippen LogP contribution in [0.2, 0.25) is 0 Å². The number of carbonyl (C=O) groups excluding carboxylic acids is 1. The molecule has 0 radical (unpaired) electrons. The predicted octanol–water partition coefficient (Wildman–Crippen LogP) is 1.26. The molecule has 2 aliphatic carbocycles. The van der Waals surface area contributed by atoms with Gasteiger partial charge in [0.05, 0.1) is 36.8 Å². The number of nitrogens with one attached hydrogen (secondary N) is 1. The number of halogens is 3. The summed E-state index contributed by atoms with van der Waals surface area (Å²) >= 11 is 0. The zero-order valence-electron chi connectivity index (χ0n) is 19.1. The number of esters is 1. The maximum Gasteiger partial charge on any atom is 0.490 e. The smallest absolute Gasteiger partial charge is 0.451 e. The van der Waals surface area contributed by atoms with Crippen molar-refractivity contribution in [3.8, 4) is 0 Å². The molecule has 2 aliphatic rings. The van der Waals surface area contributed by atoms with Crippen LogP contribution in [0.1, 0.15) is 43.3 Å². The number of hydrogen-bond acceptors (Lipinski definition) is 10. The van der Waals surface area contributed by atoms with Gasteiger partial charge in [0.1, 0.15) is 11.6 Å². The number of anilines is 2. The summed E-state index contributed by atoms with van der Waals surface area (Å²) < 4.78 is 46.5. The first-order chi connectivity index (χ1) is 17.0. The highest BCUT2D eigenvalue weighted by Gasteiger charge is 2.51. The first kappa shape index (κ1) is 24.2. The highest BCUT2D eigenvalue weighted by molar-refractivity contribution is 5.83. The average molecular weight is 510 g/mol. The van der Waals surface area contributed by atoms with Gasteiger partial charge in [-0.1, -0.05) is 0 Å². The number of nitrogens with two attached hydrogens (primary N) is 1. The summed E-state index contributed by atoms with van der Waals surface area (Å²) in [5.41, 5.74) is 7.29. The minimum absolute atomic E-state index is 0.0560. The molecule has 0 aliphatic heterocycles. The van der Waals surface area contributed by atoms with Crippen LogP contribution >= 0.6 is 0 Å². The molecule has 0 spiro atoms. The van der Waals surface area contributed by atoms with E-state index in [0.29, 0.717) is 6.42 Å². The van der Waals surface area contributed by atoms with Crippen LogP contribution in [0, 0.1) is 6.92 Å². The molecular formula is C21H25F3N8O4. The van der Waals surface area contributed by atoms with E-state index in [9.17, 15) is 28.2 Å². The molecule has 5 N–H and O–H groups in total. The molecule has 2 saturated carbocycles. The molecule has 3 aromatic heterocycles. The molecule has 15 heteroatoms. The Balaban J connectivity index is 1.50. The second-order valence-corrected chi connectivity index (χ2v) is 9.23. The van der Waals surface area contributed by atoms with Gasteiger partial charge in [0.25, 0.3) is 0 Å². The number of hydrogen-bond donors (Lipinski definition) is 4. The number of nitrogen functional groups attached to an aromatic ring is 1. The van der Waals surface area contributed by atoms with Crippen LogP contribution in [0.25, 0.3) is 11.2 Å². The minimum Gasteiger partial charge on any atom is -0.451 e. The standard InChI is InChI=1S/C21H25F3N8O4/c1-9-6-27-32(7-9)12-5-11(15(34)16(12)36-19(35)21(22,23)24)31-8-26-14-17(25)29-20(30-18(14)31)28-10-3-2-4-13(10)33/h6-8,10-13,15-16,33-34H,2-5H2,1H3,(H3,25,28,29,30)/t10-,11-,12+,13-,15+,16-/m1/s1. The summed E-state index contributed by atoms with van der Waals surface area (Å²) in [7, 11) is 0. The van der Waals surface area contributed by atoms with Crippen molar-refractivity contribution in [2.75, 3.05) is 11.1 Å². The molecule has 0 saturated heterocycles. The van der Waals surface area contributed by atoms with Gasteiger partial charge in [-0.2, -0.15) is 28.2 Å². The number of fused-ring (bicyclic) bond motifs is 1. The lowest BCUT2D eigenvalue weighted by Gasteiger charge is -2.24. The number of alkyl halides is 3. The highest BCUT2D eigenvalue weighted by atomic mass is 19.4. The van der Waals surface area contributed by atoms with Crippen LogP contribution in [0.5, 0.6) is 0 Å². The summed E-state index contributed by atoms with van der Waals surface area (Å²) in [4.78, 5) is 24.6. The maximum atomic E-state index is 13.0. The summed E-state index contributed by atoms with van der Waals surface area (Å²) in [5, 5.41) is 28.4. The van der Waals surface area contributed by atoms with E-state index in [1.54, 1.807) is 13.1 Å². The van der Waals surface area contributed by atoms with Gasteiger partial charge in [-0.3, -0.25) is 4.68 Å². The van der Waals surface area contributed by atoms with Crippen LogP contribution in [-0.2, 0) is 9.53 Å². The molecule has 6 atom stereocenters. The molecule has 0 amide bonds. The second kappa shape index (κ2) is 8.89. The number of aliphatic hydroxyl groups is 2. The normalized spacial score (nSPS) is 28.6. The molecule has 0 unspecified atom stereocenters. The van der Waals surface area contributed by atoms with Crippen molar-refractivity contribution in [3.05, 3.63) is 24.3 Å². The molecule has 2 fully saturated rings. The number of imidazole rings is 1. The molecule has 5 rings (SSSR count). The van der Waals surface area contributed by atoms with E-state index in [2.05, 4.69) is 25.4 Å². The Labute approximate surface area is 202 Å². The van der Waals surface area contributed by atoms with Crippen molar-refractivity contribution < 1.29 is 32.9 Å². The van der Waals surface area contributed by atoms with E-state index in [1.807, 2.05) is 0 Å². The van der Waals surface area contributed by atoms with Crippen LogP contribution in [-0.4, -0.2) is 76.0 Å². The number of aliphatic hydroxyl groups excluding tert-OH is 2. The summed E-state index contributed by atoms with van der Waals surface area (Å²) in [6.07, 6.45) is -2.11. The van der Waals surface area contributed by atoms with Crippen LogP contribution in [0.4, 0.5) is 24.9 Å². The first-order valence-corrected chi connectivity index (χ1v) is 11.4. The summed E-state index contributed by atoms with van der Waals surface area (Å²) in [6.45, 7) is 1.75. The first-order valence-electron chi connectivity index (χ1n) is 11.4. The fourth-order valence-corrected chi connectivity index (χ4v) is 4.98. The van der Waals surface area contributed by atoms with Gasteiger partial charge in [-0.15, -0.1) is 0 Å². The van der Waals surface area contributed by atoms with Crippen molar-refractivity contribution in [3.63, 3.8) is 0 Å². The minimum atomic E-state index is -5.23. The van der Waals surface area contributed by atoms with Gasteiger partial charge in [-0.05, 0) is 38.2 Å². The molecule has 0 bridgehead atoms. The molecule has 194 valence electrons. The van der Waals surface area contributed by atoms with Gasteiger partial charge >= 0.3 is 12.1 Å². The lowest BCUT2D eigenvalue weighted by molar-refractivity contribution is -0.210. The SMILES string of the molecule is Cc1cnn([C@H]2C[C@@H](n3cnc4c(N)nc(N[C@@H]5CCC[C@H]5O)nc43)[C@H](O)[C@@H]2OC(=O)C(F)(F)F)c1.